The molecule has 1 N–H and O–H groups in total. The highest BCUT2D eigenvalue weighted by molar-refractivity contribution is 9.10. The largest absolute Gasteiger partial charge is 0.320 e. The second-order valence-corrected chi connectivity index (χ2v) is 7.13. The van der Waals surface area contributed by atoms with Gasteiger partial charge in [0.15, 0.2) is 0 Å². The van der Waals surface area contributed by atoms with Crippen LogP contribution in [0, 0.1) is 0 Å². The van der Waals surface area contributed by atoms with E-state index < -0.39 is 0 Å². The molecule has 28 heavy (non-hydrogen) atoms. The number of rotatable bonds is 4. The van der Waals surface area contributed by atoms with E-state index in [9.17, 15) is 14.4 Å². The standard InChI is InChI=1S/C21H14BrN3O3/c22-14-8-9-17(24-19(26)18-7-3-4-10-23-18)13(11-14)12-25-20(27)15-5-1-2-6-16(15)21(25)28/h1-11H,12H2,(H,24,26). The maximum absolute atomic E-state index is 12.6. The van der Waals surface area contributed by atoms with E-state index in [4.69, 9.17) is 0 Å². The molecule has 3 aromatic rings. The smallest absolute Gasteiger partial charge is 0.274 e. The molecule has 2 heterocycles. The molecular weight excluding hydrogens is 422 g/mol. The number of fused-ring (bicyclic) bond motifs is 1. The van der Waals surface area contributed by atoms with Gasteiger partial charge in [0.25, 0.3) is 17.7 Å². The molecule has 0 aliphatic carbocycles. The van der Waals surface area contributed by atoms with Gasteiger partial charge >= 0.3 is 0 Å². The average Bonchev–Trinajstić information content (AvgIpc) is 2.96. The third-order valence-electron chi connectivity index (χ3n) is 4.42. The van der Waals surface area contributed by atoms with Crippen LogP contribution in [0.2, 0.25) is 0 Å². The van der Waals surface area contributed by atoms with Crippen LogP contribution in [0.3, 0.4) is 0 Å². The van der Waals surface area contributed by atoms with E-state index >= 15 is 0 Å². The monoisotopic (exact) mass is 435 g/mol. The number of imide groups is 1. The maximum atomic E-state index is 12.6. The fourth-order valence-corrected chi connectivity index (χ4v) is 3.46. The van der Waals surface area contributed by atoms with E-state index in [1.54, 1.807) is 60.7 Å². The summed E-state index contributed by atoms with van der Waals surface area (Å²) in [5.74, 6) is -1.06. The molecule has 2 aromatic carbocycles. The van der Waals surface area contributed by atoms with E-state index in [1.807, 2.05) is 0 Å². The first kappa shape index (κ1) is 18.1. The van der Waals surface area contributed by atoms with Crippen molar-refractivity contribution in [1.29, 1.82) is 0 Å². The summed E-state index contributed by atoms with van der Waals surface area (Å²) in [4.78, 5) is 43.0. The van der Waals surface area contributed by atoms with Crippen molar-refractivity contribution in [2.45, 2.75) is 6.54 Å². The van der Waals surface area contributed by atoms with Crippen molar-refractivity contribution < 1.29 is 14.4 Å². The minimum atomic E-state index is -0.369. The Morgan fingerprint density at radius 1 is 0.964 bits per heavy atom. The number of carbonyl (C=O) groups excluding carboxylic acids is 3. The summed E-state index contributed by atoms with van der Waals surface area (Å²) < 4.78 is 0.773. The van der Waals surface area contributed by atoms with Gasteiger partial charge in [0.05, 0.1) is 17.7 Å². The van der Waals surface area contributed by atoms with Crippen molar-refractivity contribution >= 4 is 39.3 Å². The number of hydrogen-bond acceptors (Lipinski definition) is 4. The molecule has 0 spiro atoms. The van der Waals surface area contributed by atoms with E-state index in [0.717, 1.165) is 4.47 Å². The Hall–Kier alpha value is -3.32. The van der Waals surface area contributed by atoms with Crippen molar-refractivity contribution in [3.8, 4) is 0 Å². The van der Waals surface area contributed by atoms with Gasteiger partial charge in [-0.3, -0.25) is 24.3 Å². The predicted molar refractivity (Wildman–Crippen MR) is 107 cm³/mol. The molecular formula is C21H14BrN3O3. The van der Waals surface area contributed by atoms with Crippen LogP contribution < -0.4 is 5.32 Å². The Morgan fingerprint density at radius 3 is 2.29 bits per heavy atom. The number of carbonyl (C=O) groups is 3. The molecule has 0 saturated heterocycles. The van der Waals surface area contributed by atoms with Gasteiger partial charge < -0.3 is 5.32 Å². The molecule has 1 aliphatic heterocycles. The second-order valence-electron chi connectivity index (χ2n) is 6.21. The number of pyridine rings is 1. The van der Waals surface area contributed by atoms with Gasteiger partial charge in [0.2, 0.25) is 0 Å². The lowest BCUT2D eigenvalue weighted by Crippen LogP contribution is -2.29. The molecule has 6 nitrogen and oxygen atoms in total. The number of halogens is 1. The predicted octanol–water partition coefficient (Wildman–Crippen LogP) is 3.89. The van der Waals surface area contributed by atoms with Crippen LogP contribution in [0.1, 0.15) is 36.8 Å². The highest BCUT2D eigenvalue weighted by Crippen LogP contribution is 2.28. The van der Waals surface area contributed by atoms with Gasteiger partial charge in [-0.1, -0.05) is 34.1 Å². The summed E-state index contributed by atoms with van der Waals surface area (Å²) in [7, 11) is 0. The molecule has 4 rings (SSSR count). The fourth-order valence-electron chi connectivity index (χ4n) is 3.05. The van der Waals surface area contributed by atoms with Crippen LogP contribution in [-0.4, -0.2) is 27.6 Å². The van der Waals surface area contributed by atoms with Gasteiger partial charge in [-0.05, 0) is 48.0 Å². The molecule has 0 radical (unpaired) electrons. The number of anilines is 1. The molecule has 7 heteroatoms. The Labute approximate surface area is 169 Å². The SMILES string of the molecule is O=C(Nc1ccc(Br)cc1CN1C(=O)c2ccccc2C1=O)c1ccccn1. The van der Waals surface area contributed by atoms with E-state index in [1.165, 1.54) is 11.1 Å². The normalized spacial score (nSPS) is 12.8. The molecule has 3 amide bonds. The zero-order valence-corrected chi connectivity index (χ0v) is 16.1. The van der Waals surface area contributed by atoms with Crippen LogP contribution in [0.25, 0.3) is 0 Å². The van der Waals surface area contributed by atoms with Crippen LogP contribution >= 0.6 is 15.9 Å². The molecule has 0 atom stereocenters. The van der Waals surface area contributed by atoms with Gasteiger partial charge in [-0.2, -0.15) is 0 Å². The molecule has 138 valence electrons. The topological polar surface area (TPSA) is 79.4 Å². The van der Waals surface area contributed by atoms with Gasteiger partial charge in [-0.15, -0.1) is 0 Å². The third-order valence-corrected chi connectivity index (χ3v) is 4.91. The lowest BCUT2D eigenvalue weighted by Gasteiger charge is -2.17. The third kappa shape index (κ3) is 3.32. The Bertz CT molecular complexity index is 1060. The van der Waals surface area contributed by atoms with Crippen molar-refractivity contribution in [2.75, 3.05) is 5.32 Å². The Kier molecular flexibility index (Phi) is 4.75. The van der Waals surface area contributed by atoms with Crippen molar-refractivity contribution in [2.24, 2.45) is 0 Å². The van der Waals surface area contributed by atoms with E-state index in [-0.39, 0.29) is 30.0 Å². The average molecular weight is 436 g/mol. The maximum Gasteiger partial charge on any atom is 0.274 e. The van der Waals surface area contributed by atoms with Crippen LogP contribution in [0.4, 0.5) is 5.69 Å². The van der Waals surface area contributed by atoms with E-state index in [2.05, 4.69) is 26.2 Å². The molecule has 0 bridgehead atoms. The number of amides is 3. The number of benzene rings is 2. The molecule has 1 aromatic heterocycles. The van der Waals surface area contributed by atoms with E-state index in [0.29, 0.717) is 22.4 Å². The lowest BCUT2D eigenvalue weighted by molar-refractivity contribution is 0.0642. The van der Waals surface area contributed by atoms with Crippen molar-refractivity contribution in [3.63, 3.8) is 0 Å². The number of nitrogens with zero attached hydrogens (tertiary/aromatic N) is 2. The fraction of sp³-hybridized carbons (Fsp3) is 0.0476. The van der Waals surface area contributed by atoms with Crippen molar-refractivity contribution in [1.82, 2.24) is 9.88 Å². The number of aromatic nitrogens is 1. The summed E-state index contributed by atoms with van der Waals surface area (Å²) in [6.07, 6.45) is 1.54. The Balaban J connectivity index is 1.62. The molecule has 0 fully saturated rings. The second kappa shape index (κ2) is 7.36. The first-order valence-corrected chi connectivity index (χ1v) is 9.30. The summed E-state index contributed by atoms with van der Waals surface area (Å²) in [5.41, 5.74) is 2.20. The first-order valence-electron chi connectivity index (χ1n) is 8.50. The van der Waals surface area contributed by atoms with Gasteiger partial charge in [0.1, 0.15) is 5.69 Å². The van der Waals surface area contributed by atoms with Gasteiger partial charge in [0, 0.05) is 16.4 Å². The minimum Gasteiger partial charge on any atom is -0.320 e. The van der Waals surface area contributed by atoms with Crippen LogP contribution in [0.5, 0.6) is 0 Å². The van der Waals surface area contributed by atoms with Crippen LogP contribution in [-0.2, 0) is 6.54 Å². The highest BCUT2D eigenvalue weighted by atomic mass is 79.9. The van der Waals surface area contributed by atoms with Crippen LogP contribution in [0.15, 0.2) is 71.3 Å². The summed E-state index contributed by atoms with van der Waals surface area (Å²) in [6.45, 7) is 0.0453. The summed E-state index contributed by atoms with van der Waals surface area (Å²) in [5, 5.41) is 2.81. The quantitative estimate of drug-likeness (QED) is 0.630. The summed E-state index contributed by atoms with van der Waals surface area (Å²) >= 11 is 3.40. The molecule has 1 aliphatic rings. The van der Waals surface area contributed by atoms with Gasteiger partial charge in [-0.25, -0.2) is 0 Å². The first-order chi connectivity index (χ1) is 13.5. The molecule has 0 unspecified atom stereocenters. The highest BCUT2D eigenvalue weighted by Gasteiger charge is 2.35. The lowest BCUT2D eigenvalue weighted by atomic mass is 10.1. The number of hydrogen-bond donors (Lipinski definition) is 1. The zero-order chi connectivity index (χ0) is 19.7. The summed E-state index contributed by atoms with van der Waals surface area (Å²) in [6, 6.07) is 17.1. The molecule has 0 saturated carbocycles. The number of nitrogens with one attached hydrogen (secondary N) is 1. The minimum absolute atomic E-state index is 0.0453. The zero-order valence-electron chi connectivity index (χ0n) is 14.6. The Morgan fingerprint density at radius 2 is 1.64 bits per heavy atom. The van der Waals surface area contributed by atoms with Crippen molar-refractivity contribution in [3.05, 3.63) is 93.7 Å².